The molecule has 0 amide bonds. The van der Waals surface area contributed by atoms with E-state index in [4.69, 9.17) is 13.9 Å². The molecule has 1 aliphatic rings. The van der Waals surface area contributed by atoms with Crippen LogP contribution < -0.4 is 16.0 Å². The molecule has 3 aromatic heterocycles. The van der Waals surface area contributed by atoms with E-state index in [1.54, 1.807) is 14.0 Å². The monoisotopic (exact) mass is 581 g/mol. The first-order valence-corrected chi connectivity index (χ1v) is 14.6. The van der Waals surface area contributed by atoms with E-state index in [1.165, 1.54) is 42.0 Å². The van der Waals surface area contributed by atoms with Crippen LogP contribution in [-0.4, -0.2) is 38.2 Å². The maximum atomic E-state index is 14.2. The minimum absolute atomic E-state index is 0.00586. The van der Waals surface area contributed by atoms with Crippen molar-refractivity contribution in [3.8, 4) is 16.5 Å². The highest BCUT2D eigenvalue weighted by Crippen LogP contribution is 2.38. The molecule has 41 heavy (non-hydrogen) atoms. The van der Waals surface area contributed by atoms with Gasteiger partial charge in [-0.2, -0.15) is 0 Å². The lowest BCUT2D eigenvalue weighted by atomic mass is 9.88. The van der Waals surface area contributed by atoms with Gasteiger partial charge in [-0.05, 0) is 58.4 Å². The van der Waals surface area contributed by atoms with Crippen LogP contribution in [0.25, 0.3) is 15.6 Å². The van der Waals surface area contributed by atoms with Crippen LogP contribution in [0.2, 0.25) is 0 Å². The molecule has 0 bridgehead atoms. The smallest absolute Gasteiger partial charge is 0.337 e. The van der Waals surface area contributed by atoms with Crippen LogP contribution in [0, 0.1) is 12.8 Å². The molecule has 1 aromatic carbocycles. The molecule has 0 aliphatic heterocycles. The van der Waals surface area contributed by atoms with Crippen LogP contribution in [0.5, 0.6) is 5.75 Å². The van der Waals surface area contributed by atoms with Crippen molar-refractivity contribution in [3.05, 3.63) is 74.4 Å². The number of para-hydroxylation sites is 1. The molecular weight excluding hydrogens is 546 g/mol. The summed E-state index contributed by atoms with van der Waals surface area (Å²) in [7, 11) is 1.59. The number of ether oxygens (including phenoxy) is 2. The first kappa shape index (κ1) is 28.8. The quantitative estimate of drug-likeness (QED) is 0.286. The summed E-state index contributed by atoms with van der Waals surface area (Å²) < 4.78 is 20.2. The predicted molar refractivity (Wildman–Crippen MR) is 155 cm³/mol. The molecule has 1 N–H and O–H groups in total. The molecule has 1 fully saturated rings. The van der Waals surface area contributed by atoms with Gasteiger partial charge in [0.05, 0.1) is 31.1 Å². The van der Waals surface area contributed by atoms with Crippen LogP contribution in [0.4, 0.5) is 0 Å². The van der Waals surface area contributed by atoms with E-state index in [0.29, 0.717) is 33.0 Å². The van der Waals surface area contributed by atoms with Gasteiger partial charge in [0.15, 0.2) is 0 Å². The standard InChI is InChI=1S/C30H35N3O7S/c1-17-10-12-19(13-11-17)40-23(20-8-6-7-9-22(20)38-5)16-21-26(34)33(30(3,4)28(35)36)29(37)32-18(2)24(41-27(21)32)25-31-14-15-39-25/h6-9,14-15,17,19,23H,10-13,16H2,1-5H3,(H,35,36)/t17?,19?,23-/m0/s1. The first-order chi connectivity index (χ1) is 19.5. The van der Waals surface area contributed by atoms with Crippen molar-refractivity contribution in [2.24, 2.45) is 5.92 Å². The van der Waals surface area contributed by atoms with E-state index >= 15 is 0 Å². The zero-order valence-electron chi connectivity index (χ0n) is 23.9. The average Bonchev–Trinajstić information content (AvgIpc) is 3.59. The fourth-order valence-corrected chi connectivity index (χ4v) is 6.78. The molecule has 1 aliphatic carbocycles. The van der Waals surface area contributed by atoms with Crippen LogP contribution >= 0.6 is 11.3 Å². The third-order valence-electron chi connectivity index (χ3n) is 8.07. The van der Waals surface area contributed by atoms with Gasteiger partial charge in [0, 0.05) is 17.7 Å². The van der Waals surface area contributed by atoms with Gasteiger partial charge >= 0.3 is 11.7 Å². The summed E-state index contributed by atoms with van der Waals surface area (Å²) in [6.45, 7) is 6.67. The van der Waals surface area contributed by atoms with Crippen LogP contribution in [0.15, 0.2) is 50.7 Å². The third-order valence-corrected chi connectivity index (χ3v) is 9.37. The molecule has 0 radical (unpaired) electrons. The minimum atomic E-state index is -1.80. The molecule has 218 valence electrons. The molecule has 1 atom stereocenters. The van der Waals surface area contributed by atoms with Gasteiger partial charge in [0.2, 0.25) is 5.89 Å². The predicted octanol–water partition coefficient (Wildman–Crippen LogP) is 5.19. The maximum Gasteiger partial charge on any atom is 0.337 e. The molecule has 11 heteroatoms. The van der Waals surface area contributed by atoms with Crippen molar-refractivity contribution in [2.45, 2.75) is 77.5 Å². The summed E-state index contributed by atoms with van der Waals surface area (Å²) in [5.41, 5.74) is -1.63. The number of benzene rings is 1. The molecular formula is C30H35N3O7S. The second-order valence-electron chi connectivity index (χ2n) is 11.2. The molecule has 1 saturated carbocycles. The Morgan fingerprint density at radius 1 is 1.22 bits per heavy atom. The number of aryl methyl sites for hydroxylation is 1. The topological polar surface area (TPSA) is 125 Å². The van der Waals surface area contributed by atoms with Crippen molar-refractivity contribution in [3.63, 3.8) is 0 Å². The number of carboxylic acids is 1. The second kappa shape index (κ2) is 11.3. The van der Waals surface area contributed by atoms with E-state index < -0.39 is 28.9 Å². The molecule has 3 heterocycles. The summed E-state index contributed by atoms with van der Waals surface area (Å²) in [6.07, 6.45) is 6.38. The lowest BCUT2D eigenvalue weighted by Crippen LogP contribution is -2.52. The van der Waals surface area contributed by atoms with Crippen LogP contribution in [0.3, 0.4) is 0 Å². The molecule has 4 aromatic rings. The SMILES string of the molecule is COc1ccccc1[C@H](Cc1c(=O)n(C(C)(C)C(=O)O)c(=O)n2c(C)c(-c3ncco3)sc12)OC1CCC(C)CC1. The Hall–Kier alpha value is -3.70. The van der Waals surface area contributed by atoms with Gasteiger partial charge in [-0.25, -0.2) is 19.1 Å². The van der Waals surface area contributed by atoms with Crippen molar-refractivity contribution < 1.29 is 23.8 Å². The largest absolute Gasteiger partial charge is 0.496 e. The molecule has 10 nitrogen and oxygen atoms in total. The number of rotatable bonds is 9. The van der Waals surface area contributed by atoms with E-state index in [1.807, 2.05) is 24.3 Å². The van der Waals surface area contributed by atoms with Gasteiger partial charge in [-0.15, -0.1) is 11.3 Å². The van der Waals surface area contributed by atoms with Crippen LogP contribution in [0.1, 0.15) is 69.4 Å². The number of carboxylic acid groups (broad SMARTS) is 1. The summed E-state index contributed by atoms with van der Waals surface area (Å²) in [4.78, 5) is 45.5. The average molecular weight is 582 g/mol. The van der Waals surface area contributed by atoms with E-state index in [9.17, 15) is 19.5 Å². The third kappa shape index (κ3) is 5.24. The molecule has 5 rings (SSSR count). The van der Waals surface area contributed by atoms with Gasteiger partial charge < -0.3 is 19.0 Å². The Morgan fingerprint density at radius 2 is 1.93 bits per heavy atom. The number of fused-ring (bicyclic) bond motifs is 1. The molecule has 0 unspecified atom stereocenters. The molecule has 0 saturated heterocycles. The number of thiazole rings is 1. The zero-order chi connectivity index (χ0) is 29.5. The van der Waals surface area contributed by atoms with Crippen molar-refractivity contribution >= 4 is 22.1 Å². The fraction of sp³-hybridized carbons (Fsp3) is 0.467. The number of hydrogen-bond donors (Lipinski definition) is 1. The summed E-state index contributed by atoms with van der Waals surface area (Å²) in [5.74, 6) is 0.276. The Bertz CT molecular complexity index is 1670. The van der Waals surface area contributed by atoms with Crippen molar-refractivity contribution in [1.29, 1.82) is 0 Å². The number of aliphatic carboxylic acids is 1. The van der Waals surface area contributed by atoms with E-state index in [0.717, 1.165) is 35.8 Å². The number of aromatic nitrogens is 3. The minimum Gasteiger partial charge on any atom is -0.496 e. The lowest BCUT2D eigenvalue weighted by molar-refractivity contribution is -0.146. The molecule has 0 spiro atoms. The lowest BCUT2D eigenvalue weighted by Gasteiger charge is -2.31. The van der Waals surface area contributed by atoms with Crippen molar-refractivity contribution in [1.82, 2.24) is 14.0 Å². The van der Waals surface area contributed by atoms with Gasteiger partial charge in [-0.1, -0.05) is 25.1 Å². The summed E-state index contributed by atoms with van der Waals surface area (Å²) >= 11 is 1.22. The normalized spacial score (nSPS) is 18.5. The Balaban J connectivity index is 1.74. The van der Waals surface area contributed by atoms with E-state index in [2.05, 4.69) is 11.9 Å². The second-order valence-corrected chi connectivity index (χ2v) is 12.2. The Labute approximate surface area is 241 Å². The number of oxazole rings is 1. The van der Waals surface area contributed by atoms with Gasteiger partial charge in [0.1, 0.15) is 27.3 Å². The van der Waals surface area contributed by atoms with E-state index in [-0.39, 0.29) is 18.1 Å². The number of carbonyl (C=O) groups is 1. The van der Waals surface area contributed by atoms with Gasteiger partial charge in [-0.3, -0.25) is 9.20 Å². The number of methoxy groups -OCH3 is 1. The Kier molecular flexibility index (Phi) is 7.93. The zero-order valence-corrected chi connectivity index (χ0v) is 24.7. The maximum absolute atomic E-state index is 14.2. The highest BCUT2D eigenvalue weighted by molar-refractivity contribution is 7.20. The number of nitrogens with zero attached hydrogens (tertiary/aromatic N) is 3. The van der Waals surface area contributed by atoms with Gasteiger partial charge in [0.25, 0.3) is 5.56 Å². The summed E-state index contributed by atoms with van der Waals surface area (Å²) in [6, 6.07) is 7.53. The highest BCUT2D eigenvalue weighted by atomic mass is 32.1. The number of hydrogen-bond acceptors (Lipinski definition) is 8. The van der Waals surface area contributed by atoms with Crippen molar-refractivity contribution in [2.75, 3.05) is 7.11 Å². The Morgan fingerprint density at radius 3 is 2.56 bits per heavy atom. The summed E-state index contributed by atoms with van der Waals surface area (Å²) in [5, 5.41) is 10.0. The highest BCUT2D eigenvalue weighted by Gasteiger charge is 2.37. The van der Waals surface area contributed by atoms with Crippen LogP contribution in [-0.2, 0) is 21.5 Å². The first-order valence-electron chi connectivity index (χ1n) is 13.8. The fourth-order valence-electron chi connectivity index (χ4n) is 5.55.